The topological polar surface area (TPSA) is 26.0 Å². The summed E-state index contributed by atoms with van der Waals surface area (Å²) in [7, 11) is 0. The minimum absolute atomic E-state index is 0.0297. The molecule has 0 aliphatic heterocycles. The lowest BCUT2D eigenvalue weighted by atomic mass is 9.77. The Hall–Kier alpha value is -0.520. The molecule has 0 fully saturated rings. The van der Waals surface area contributed by atoms with Gasteiger partial charge in [-0.25, -0.2) is 0 Å². The summed E-state index contributed by atoms with van der Waals surface area (Å²) in [5.74, 6) is 1.12. The van der Waals surface area contributed by atoms with Crippen molar-refractivity contribution in [2.75, 3.05) is 0 Å². The Bertz CT molecular complexity index is 199. The van der Waals surface area contributed by atoms with Crippen LogP contribution >= 0.6 is 0 Å². The van der Waals surface area contributed by atoms with Crippen LogP contribution in [0.2, 0.25) is 0 Å². The number of nitrogens with two attached hydrogens (primary N) is 1. The van der Waals surface area contributed by atoms with E-state index < -0.39 is 0 Å². The van der Waals surface area contributed by atoms with Crippen molar-refractivity contribution in [1.29, 1.82) is 0 Å². The minimum Gasteiger partial charge on any atom is -0.325 e. The smallest absolute Gasteiger partial charge is 0.0151 e. The van der Waals surface area contributed by atoms with E-state index in [4.69, 9.17) is 5.73 Å². The third-order valence-corrected chi connectivity index (χ3v) is 3.25. The lowest BCUT2D eigenvalue weighted by Crippen LogP contribution is -2.43. The molecule has 0 heterocycles. The van der Waals surface area contributed by atoms with Gasteiger partial charge in [0.05, 0.1) is 0 Å². The molecule has 0 radical (unpaired) electrons. The summed E-state index contributed by atoms with van der Waals surface area (Å²) in [4.78, 5) is 0. The number of hydrogen-bond acceptors (Lipinski definition) is 1. The van der Waals surface area contributed by atoms with E-state index in [0.717, 1.165) is 19.3 Å². The molecule has 0 aromatic rings. The standard InChI is InChI=1S/C13H25N/c1-6-9-11(4)10-12(7-2)13(5,14)8-3/h9,11-12H,1,7-8,10,14H2,2-5H3. The Morgan fingerprint density at radius 1 is 1.50 bits per heavy atom. The lowest BCUT2D eigenvalue weighted by Gasteiger charge is -2.34. The average molecular weight is 195 g/mol. The number of allylic oxidation sites excluding steroid dienone is 1. The molecule has 1 heteroatoms. The first-order valence-corrected chi connectivity index (χ1v) is 5.62. The van der Waals surface area contributed by atoms with Crippen molar-refractivity contribution in [1.82, 2.24) is 0 Å². The van der Waals surface area contributed by atoms with E-state index in [1.54, 1.807) is 0 Å². The van der Waals surface area contributed by atoms with Crippen molar-refractivity contribution in [3.05, 3.63) is 18.4 Å². The predicted octanol–water partition coefficient (Wildman–Crippen LogP) is 3.51. The van der Waals surface area contributed by atoms with Gasteiger partial charge in [0, 0.05) is 5.54 Å². The summed E-state index contributed by atoms with van der Waals surface area (Å²) in [5.41, 5.74) is 9.09. The monoisotopic (exact) mass is 195 g/mol. The summed E-state index contributed by atoms with van der Waals surface area (Å²) in [5, 5.41) is 0. The van der Waals surface area contributed by atoms with Gasteiger partial charge < -0.3 is 5.73 Å². The quantitative estimate of drug-likeness (QED) is 0.645. The van der Waals surface area contributed by atoms with Gasteiger partial charge in [0.15, 0.2) is 0 Å². The highest BCUT2D eigenvalue weighted by atomic mass is 14.7. The van der Waals surface area contributed by atoms with E-state index in [9.17, 15) is 0 Å². The van der Waals surface area contributed by atoms with Crippen LogP contribution in [0.4, 0.5) is 0 Å². The lowest BCUT2D eigenvalue weighted by molar-refractivity contribution is 0.244. The van der Waals surface area contributed by atoms with E-state index in [1.807, 2.05) is 6.08 Å². The zero-order valence-corrected chi connectivity index (χ0v) is 10.1. The van der Waals surface area contributed by atoms with Gasteiger partial charge in [-0.3, -0.25) is 0 Å². The van der Waals surface area contributed by atoms with Crippen LogP contribution in [-0.2, 0) is 0 Å². The van der Waals surface area contributed by atoms with E-state index >= 15 is 0 Å². The van der Waals surface area contributed by atoms with Gasteiger partial charge in [-0.05, 0) is 37.7 Å². The fourth-order valence-corrected chi connectivity index (χ4v) is 1.91. The largest absolute Gasteiger partial charge is 0.325 e. The Morgan fingerprint density at radius 2 is 2.07 bits per heavy atom. The Labute approximate surface area is 89.1 Å². The summed E-state index contributed by atoms with van der Waals surface area (Å²) in [6.45, 7) is 12.3. The maximum Gasteiger partial charge on any atom is 0.0151 e. The van der Waals surface area contributed by atoms with Crippen LogP contribution in [-0.4, -0.2) is 5.54 Å². The van der Waals surface area contributed by atoms with Crippen LogP contribution in [0.3, 0.4) is 0 Å². The molecule has 0 bridgehead atoms. The van der Waals surface area contributed by atoms with E-state index in [1.165, 1.54) is 0 Å². The van der Waals surface area contributed by atoms with Crippen molar-refractivity contribution in [2.45, 2.75) is 52.5 Å². The van der Waals surface area contributed by atoms with Crippen molar-refractivity contribution in [3.8, 4) is 0 Å². The van der Waals surface area contributed by atoms with E-state index in [-0.39, 0.29) is 5.54 Å². The third kappa shape index (κ3) is 4.13. The van der Waals surface area contributed by atoms with Crippen molar-refractivity contribution in [2.24, 2.45) is 17.6 Å². The van der Waals surface area contributed by atoms with Crippen molar-refractivity contribution >= 4 is 0 Å². The zero-order chi connectivity index (χ0) is 11.2. The molecule has 2 N–H and O–H groups in total. The molecule has 1 nitrogen and oxygen atoms in total. The van der Waals surface area contributed by atoms with Gasteiger partial charge in [0.25, 0.3) is 0 Å². The predicted molar refractivity (Wildman–Crippen MR) is 64.2 cm³/mol. The number of rotatable bonds is 6. The fraction of sp³-hybridized carbons (Fsp3) is 0.769. The molecule has 82 valence electrons. The molecule has 3 unspecified atom stereocenters. The van der Waals surface area contributed by atoms with Gasteiger partial charge in [0.1, 0.15) is 0 Å². The Kier molecular flexibility index (Phi) is 5.83. The molecule has 0 aliphatic carbocycles. The maximum absolute atomic E-state index is 6.27. The molecule has 0 rings (SSSR count). The van der Waals surface area contributed by atoms with Crippen LogP contribution in [0.1, 0.15) is 47.0 Å². The van der Waals surface area contributed by atoms with Crippen LogP contribution in [0.15, 0.2) is 18.4 Å². The Morgan fingerprint density at radius 3 is 2.43 bits per heavy atom. The first kappa shape index (κ1) is 13.5. The molecule has 0 aromatic carbocycles. The molecule has 14 heavy (non-hydrogen) atoms. The molecular formula is C13H25N. The highest BCUT2D eigenvalue weighted by Gasteiger charge is 2.27. The average Bonchev–Trinajstić information content (AvgIpc) is 2.14. The van der Waals surface area contributed by atoms with Crippen LogP contribution < -0.4 is 5.73 Å². The van der Waals surface area contributed by atoms with Gasteiger partial charge in [-0.2, -0.15) is 0 Å². The summed E-state index contributed by atoms with van der Waals surface area (Å²) in [6, 6.07) is 0. The van der Waals surface area contributed by atoms with E-state index in [2.05, 4.69) is 40.0 Å². The second-order valence-corrected chi connectivity index (χ2v) is 4.55. The third-order valence-electron chi connectivity index (χ3n) is 3.25. The van der Waals surface area contributed by atoms with Crippen LogP contribution in [0.25, 0.3) is 0 Å². The molecular weight excluding hydrogens is 170 g/mol. The van der Waals surface area contributed by atoms with Gasteiger partial charge in [-0.1, -0.05) is 33.8 Å². The first-order chi connectivity index (χ1) is 6.47. The molecule has 0 amide bonds. The summed E-state index contributed by atoms with van der Waals surface area (Å²) >= 11 is 0. The molecule has 0 saturated heterocycles. The SMILES string of the molecule is C=C=CC(C)CC(CC)C(C)(N)CC. The van der Waals surface area contributed by atoms with Crippen LogP contribution in [0.5, 0.6) is 0 Å². The highest BCUT2D eigenvalue weighted by molar-refractivity contribution is 4.90. The fourth-order valence-electron chi connectivity index (χ4n) is 1.91. The summed E-state index contributed by atoms with van der Waals surface area (Å²) in [6.07, 6.45) is 5.36. The number of hydrogen-bond donors (Lipinski definition) is 1. The van der Waals surface area contributed by atoms with Gasteiger partial charge >= 0.3 is 0 Å². The Balaban J connectivity index is 4.35. The molecule has 0 aliphatic rings. The summed E-state index contributed by atoms with van der Waals surface area (Å²) < 4.78 is 0. The molecule has 0 spiro atoms. The van der Waals surface area contributed by atoms with Crippen molar-refractivity contribution < 1.29 is 0 Å². The van der Waals surface area contributed by atoms with Gasteiger partial charge in [-0.15, -0.1) is 5.73 Å². The van der Waals surface area contributed by atoms with Gasteiger partial charge in [0.2, 0.25) is 0 Å². The maximum atomic E-state index is 6.27. The normalized spacial score (nSPS) is 19.2. The molecule has 0 aromatic heterocycles. The molecule has 3 atom stereocenters. The minimum atomic E-state index is -0.0297. The second-order valence-electron chi connectivity index (χ2n) is 4.55. The molecule has 0 saturated carbocycles. The van der Waals surface area contributed by atoms with Crippen LogP contribution in [0, 0.1) is 11.8 Å². The first-order valence-electron chi connectivity index (χ1n) is 5.62. The van der Waals surface area contributed by atoms with E-state index in [0.29, 0.717) is 11.8 Å². The highest BCUT2D eigenvalue weighted by Crippen LogP contribution is 2.28. The second kappa shape index (κ2) is 6.06. The van der Waals surface area contributed by atoms with Crippen molar-refractivity contribution in [3.63, 3.8) is 0 Å². The zero-order valence-electron chi connectivity index (χ0n) is 10.1.